The van der Waals surface area contributed by atoms with Gasteiger partial charge in [-0.15, -0.1) is 0 Å². The van der Waals surface area contributed by atoms with Crippen molar-refractivity contribution in [1.29, 1.82) is 5.41 Å². The second-order valence-corrected chi connectivity index (χ2v) is 3.62. The molecule has 0 unspecified atom stereocenters. The van der Waals surface area contributed by atoms with Gasteiger partial charge in [-0.3, -0.25) is 5.41 Å². The normalized spacial score (nSPS) is 10.0. The molecule has 0 heterocycles. The molecule has 0 bridgehead atoms. The van der Waals surface area contributed by atoms with Gasteiger partial charge in [0.15, 0.2) is 0 Å². The van der Waals surface area contributed by atoms with Crippen LogP contribution >= 0.6 is 0 Å². The number of unbranched alkanes of at least 4 members (excludes halogenated alkanes) is 1. The van der Waals surface area contributed by atoms with Gasteiger partial charge in [-0.2, -0.15) is 0 Å². The van der Waals surface area contributed by atoms with E-state index >= 15 is 0 Å². The number of nitrogens with two attached hydrogens (primary N) is 1. The lowest BCUT2D eigenvalue weighted by molar-refractivity contribution is 0.295. The average molecular weight is 206 g/mol. The Morgan fingerprint density at radius 2 is 2.20 bits per heavy atom. The van der Waals surface area contributed by atoms with Crippen molar-refractivity contribution in [3.05, 3.63) is 29.3 Å². The first-order valence-electron chi connectivity index (χ1n) is 5.23. The lowest BCUT2D eigenvalue weighted by atomic mass is 10.1. The number of anilines is 1. The van der Waals surface area contributed by atoms with Gasteiger partial charge in [-0.1, -0.05) is 25.0 Å². The molecule has 0 aliphatic heterocycles. The maximum atomic E-state index is 7.74. The first-order chi connectivity index (χ1) is 7.15. The third-order valence-electron chi connectivity index (χ3n) is 2.20. The number of ether oxygens (including phenoxy) is 1. The van der Waals surface area contributed by atoms with Gasteiger partial charge in [-0.25, -0.2) is 0 Å². The number of nitrogens with one attached hydrogen (secondary N) is 1. The van der Waals surface area contributed by atoms with Gasteiger partial charge in [0.25, 0.3) is 0 Å². The number of benzene rings is 1. The summed E-state index contributed by atoms with van der Waals surface area (Å²) >= 11 is 0. The highest BCUT2D eigenvalue weighted by molar-refractivity contribution is 5.97. The molecule has 82 valence electrons. The van der Waals surface area contributed by atoms with Crippen molar-refractivity contribution in [2.24, 2.45) is 0 Å². The van der Waals surface area contributed by atoms with E-state index in [1.807, 2.05) is 25.1 Å². The zero-order valence-electron chi connectivity index (χ0n) is 9.34. The van der Waals surface area contributed by atoms with Crippen LogP contribution in [0.4, 0.5) is 5.69 Å². The van der Waals surface area contributed by atoms with Gasteiger partial charge in [0.05, 0.1) is 12.2 Å². The van der Waals surface area contributed by atoms with Crippen LogP contribution < -0.4 is 5.73 Å². The standard InChI is InChI=1S/C12H18N2O/c1-3-4-7-15-12(14)10-8-9(2)5-6-11(10)13/h5-6,8,14H,3-4,7,13H2,1-2H3. The van der Waals surface area contributed by atoms with Crippen LogP contribution in [0.3, 0.4) is 0 Å². The summed E-state index contributed by atoms with van der Waals surface area (Å²) in [6, 6.07) is 5.62. The molecule has 3 nitrogen and oxygen atoms in total. The first-order valence-corrected chi connectivity index (χ1v) is 5.23. The molecule has 0 saturated carbocycles. The maximum absolute atomic E-state index is 7.74. The second kappa shape index (κ2) is 5.39. The van der Waals surface area contributed by atoms with Crippen molar-refractivity contribution >= 4 is 11.6 Å². The van der Waals surface area contributed by atoms with Crippen molar-refractivity contribution in [3.8, 4) is 0 Å². The Labute approximate surface area is 90.8 Å². The fourth-order valence-corrected chi connectivity index (χ4v) is 1.26. The van der Waals surface area contributed by atoms with E-state index in [0.717, 1.165) is 18.4 Å². The molecule has 3 N–H and O–H groups in total. The summed E-state index contributed by atoms with van der Waals surface area (Å²) in [7, 11) is 0. The van der Waals surface area contributed by atoms with Crippen molar-refractivity contribution < 1.29 is 4.74 Å². The Bertz CT molecular complexity index is 347. The molecule has 0 aromatic heterocycles. The number of rotatable bonds is 4. The van der Waals surface area contributed by atoms with Crippen molar-refractivity contribution in [3.63, 3.8) is 0 Å². The smallest absolute Gasteiger partial charge is 0.215 e. The Morgan fingerprint density at radius 3 is 2.87 bits per heavy atom. The van der Waals surface area contributed by atoms with E-state index in [9.17, 15) is 0 Å². The van der Waals surface area contributed by atoms with Crippen LogP contribution in [0.15, 0.2) is 18.2 Å². The minimum absolute atomic E-state index is 0.171. The third kappa shape index (κ3) is 3.27. The minimum atomic E-state index is 0.171. The molecule has 0 saturated heterocycles. The van der Waals surface area contributed by atoms with Crippen LogP contribution in [0.1, 0.15) is 30.9 Å². The van der Waals surface area contributed by atoms with Crippen LogP contribution in [0.5, 0.6) is 0 Å². The first kappa shape index (κ1) is 11.6. The molecule has 1 aromatic carbocycles. The fourth-order valence-electron chi connectivity index (χ4n) is 1.26. The summed E-state index contributed by atoms with van der Waals surface area (Å²) in [4.78, 5) is 0. The van der Waals surface area contributed by atoms with Gasteiger partial charge >= 0.3 is 0 Å². The summed E-state index contributed by atoms with van der Waals surface area (Å²) < 4.78 is 5.31. The van der Waals surface area contributed by atoms with Crippen molar-refractivity contribution in [2.75, 3.05) is 12.3 Å². The Hall–Kier alpha value is -1.51. The predicted molar refractivity (Wildman–Crippen MR) is 63.3 cm³/mol. The monoisotopic (exact) mass is 206 g/mol. The molecule has 1 rings (SSSR count). The zero-order chi connectivity index (χ0) is 11.3. The molecule has 0 amide bonds. The lowest BCUT2D eigenvalue weighted by Crippen LogP contribution is -2.09. The number of hydrogen-bond acceptors (Lipinski definition) is 3. The topological polar surface area (TPSA) is 59.1 Å². The zero-order valence-corrected chi connectivity index (χ0v) is 9.34. The molecule has 0 aliphatic rings. The van der Waals surface area contributed by atoms with Crippen LogP contribution in [0, 0.1) is 12.3 Å². The predicted octanol–water partition coefficient (Wildman–Crippen LogP) is 2.72. The maximum Gasteiger partial charge on any atom is 0.215 e. The van der Waals surface area contributed by atoms with E-state index in [0.29, 0.717) is 17.9 Å². The molecule has 3 heteroatoms. The quantitative estimate of drug-likeness (QED) is 0.344. The average Bonchev–Trinajstić information content (AvgIpc) is 2.22. The molecule has 0 aliphatic carbocycles. The molecular formula is C12H18N2O. The summed E-state index contributed by atoms with van der Waals surface area (Å²) in [5.74, 6) is 0.171. The van der Waals surface area contributed by atoms with Gasteiger partial charge in [0.1, 0.15) is 0 Å². The molecule has 15 heavy (non-hydrogen) atoms. The molecular weight excluding hydrogens is 188 g/mol. The van der Waals surface area contributed by atoms with E-state index in [2.05, 4.69) is 6.92 Å². The summed E-state index contributed by atoms with van der Waals surface area (Å²) in [6.07, 6.45) is 2.03. The fraction of sp³-hybridized carbons (Fsp3) is 0.417. The molecule has 1 aromatic rings. The molecule has 0 radical (unpaired) electrons. The largest absolute Gasteiger partial charge is 0.478 e. The SMILES string of the molecule is CCCCOC(=N)c1cc(C)ccc1N. The van der Waals surface area contributed by atoms with E-state index in [4.69, 9.17) is 15.9 Å². The van der Waals surface area contributed by atoms with E-state index in [1.165, 1.54) is 0 Å². The molecule has 0 spiro atoms. The number of hydrogen-bond donors (Lipinski definition) is 2. The van der Waals surface area contributed by atoms with E-state index < -0.39 is 0 Å². The minimum Gasteiger partial charge on any atom is -0.478 e. The highest BCUT2D eigenvalue weighted by Gasteiger charge is 2.06. The van der Waals surface area contributed by atoms with Gasteiger partial charge in [-0.05, 0) is 25.5 Å². The highest BCUT2D eigenvalue weighted by Crippen LogP contribution is 2.14. The second-order valence-electron chi connectivity index (χ2n) is 3.62. The number of aryl methyl sites for hydroxylation is 1. The van der Waals surface area contributed by atoms with Crippen LogP contribution in [0.2, 0.25) is 0 Å². The lowest BCUT2D eigenvalue weighted by Gasteiger charge is -2.09. The summed E-state index contributed by atoms with van der Waals surface area (Å²) in [5, 5.41) is 7.74. The molecule has 0 fully saturated rings. The molecule has 0 atom stereocenters. The van der Waals surface area contributed by atoms with Crippen LogP contribution in [0.25, 0.3) is 0 Å². The summed E-state index contributed by atoms with van der Waals surface area (Å²) in [6.45, 7) is 4.65. The van der Waals surface area contributed by atoms with Gasteiger partial charge in [0, 0.05) is 5.69 Å². The Kier molecular flexibility index (Phi) is 4.16. The van der Waals surface area contributed by atoms with Crippen molar-refractivity contribution in [1.82, 2.24) is 0 Å². The van der Waals surface area contributed by atoms with E-state index in [1.54, 1.807) is 0 Å². The van der Waals surface area contributed by atoms with Gasteiger partial charge < -0.3 is 10.5 Å². The highest BCUT2D eigenvalue weighted by atomic mass is 16.5. The van der Waals surface area contributed by atoms with Crippen molar-refractivity contribution in [2.45, 2.75) is 26.7 Å². The third-order valence-corrected chi connectivity index (χ3v) is 2.20. The van der Waals surface area contributed by atoms with Crippen LogP contribution in [-0.4, -0.2) is 12.5 Å². The summed E-state index contributed by atoms with van der Waals surface area (Å²) in [5.41, 5.74) is 8.15. The number of nitrogen functional groups attached to an aromatic ring is 1. The van der Waals surface area contributed by atoms with E-state index in [-0.39, 0.29) is 5.90 Å². The Morgan fingerprint density at radius 1 is 1.47 bits per heavy atom. The van der Waals surface area contributed by atoms with Crippen LogP contribution in [-0.2, 0) is 4.74 Å². The van der Waals surface area contributed by atoms with Gasteiger partial charge in [0.2, 0.25) is 5.90 Å². The Balaban J connectivity index is 2.68.